The highest BCUT2D eigenvalue weighted by Gasteiger charge is 2.31. The number of aliphatic hydroxyl groups is 1. The molecule has 0 spiro atoms. The van der Waals surface area contributed by atoms with Gasteiger partial charge < -0.3 is 9.84 Å². The van der Waals surface area contributed by atoms with Crippen LogP contribution in [0, 0.1) is 6.92 Å². The molecule has 1 rings (SSSR count). The molecule has 0 aliphatic heterocycles. The number of hydrogen-bond donors (Lipinski definition) is 1. The zero-order valence-electron chi connectivity index (χ0n) is 9.86. The van der Waals surface area contributed by atoms with Crippen LogP contribution in [0.25, 0.3) is 0 Å². The highest BCUT2D eigenvalue weighted by atomic mass is 16.5. The predicted octanol–water partition coefficient (Wildman–Crippen LogP) is 1.25. The number of ether oxygens (including phenoxy) is 1. The van der Waals surface area contributed by atoms with Gasteiger partial charge in [-0.2, -0.15) is 0 Å². The number of pyridine rings is 1. The normalized spacial score (nSPS) is 14.2. The molecule has 0 saturated carbocycles. The molecule has 1 aromatic heterocycles. The fraction of sp³-hybridized carbons (Fsp3) is 0.500. The quantitative estimate of drug-likeness (QED) is 0.780. The molecule has 0 aliphatic rings. The summed E-state index contributed by atoms with van der Waals surface area (Å²) in [6, 6.07) is 3.81. The third-order valence-electron chi connectivity index (χ3n) is 2.59. The Morgan fingerprint density at radius 3 is 2.88 bits per heavy atom. The van der Waals surface area contributed by atoms with Crippen molar-refractivity contribution in [2.24, 2.45) is 0 Å². The van der Waals surface area contributed by atoms with Crippen LogP contribution in [0.2, 0.25) is 0 Å². The monoisotopic (exact) mass is 223 g/mol. The molecule has 0 aromatic carbocycles. The van der Waals surface area contributed by atoms with Gasteiger partial charge in [0.15, 0.2) is 5.60 Å². The lowest BCUT2D eigenvalue weighted by molar-refractivity contribution is -0.161. The van der Waals surface area contributed by atoms with Gasteiger partial charge >= 0.3 is 5.97 Å². The molecule has 1 N–H and O–H groups in total. The second-order valence-electron chi connectivity index (χ2n) is 4.03. The van der Waals surface area contributed by atoms with Crippen LogP contribution in [-0.2, 0) is 16.0 Å². The molecular formula is C12H17NO3. The largest absolute Gasteiger partial charge is 0.467 e. The highest BCUT2D eigenvalue weighted by Crippen LogP contribution is 2.16. The summed E-state index contributed by atoms with van der Waals surface area (Å²) in [5.74, 6) is -0.610. The van der Waals surface area contributed by atoms with Crippen molar-refractivity contribution < 1.29 is 14.6 Å². The van der Waals surface area contributed by atoms with Crippen molar-refractivity contribution in [1.82, 2.24) is 4.98 Å². The fourth-order valence-electron chi connectivity index (χ4n) is 1.46. The number of esters is 1. The topological polar surface area (TPSA) is 59.4 Å². The minimum Gasteiger partial charge on any atom is -0.467 e. The van der Waals surface area contributed by atoms with Crippen LogP contribution in [-0.4, -0.2) is 28.8 Å². The summed E-state index contributed by atoms with van der Waals surface area (Å²) < 4.78 is 4.52. The van der Waals surface area contributed by atoms with Crippen molar-refractivity contribution >= 4 is 5.97 Å². The lowest BCUT2D eigenvalue weighted by Crippen LogP contribution is -2.36. The molecule has 0 bridgehead atoms. The zero-order valence-corrected chi connectivity index (χ0v) is 9.86. The Hall–Kier alpha value is -1.42. The van der Waals surface area contributed by atoms with E-state index in [1.807, 2.05) is 19.1 Å². The fourth-order valence-corrected chi connectivity index (χ4v) is 1.46. The lowest BCUT2D eigenvalue weighted by Gasteiger charge is -2.19. The highest BCUT2D eigenvalue weighted by molar-refractivity contribution is 5.78. The Morgan fingerprint density at radius 1 is 1.62 bits per heavy atom. The lowest BCUT2D eigenvalue weighted by atomic mass is 9.98. The van der Waals surface area contributed by atoms with E-state index in [1.165, 1.54) is 14.0 Å². The van der Waals surface area contributed by atoms with E-state index in [9.17, 15) is 9.90 Å². The Labute approximate surface area is 95.3 Å². The number of carbonyl (C=O) groups excluding carboxylic acids is 1. The molecule has 4 heteroatoms. The first kappa shape index (κ1) is 12.6. The number of aromatic nitrogens is 1. The Bertz CT molecular complexity index is 374. The van der Waals surface area contributed by atoms with E-state index in [4.69, 9.17) is 0 Å². The molecule has 1 aromatic rings. The third kappa shape index (κ3) is 3.03. The number of rotatable bonds is 4. The molecule has 1 unspecified atom stereocenters. The molecule has 1 heterocycles. The van der Waals surface area contributed by atoms with Gasteiger partial charge in [-0.1, -0.05) is 6.07 Å². The maximum absolute atomic E-state index is 11.2. The molecule has 0 aliphatic carbocycles. The number of carbonyl (C=O) groups is 1. The van der Waals surface area contributed by atoms with Crippen molar-refractivity contribution in [1.29, 1.82) is 0 Å². The summed E-state index contributed by atoms with van der Waals surface area (Å²) in [6.45, 7) is 3.41. The van der Waals surface area contributed by atoms with Gasteiger partial charge in [-0.25, -0.2) is 4.79 Å². The van der Waals surface area contributed by atoms with Crippen LogP contribution < -0.4 is 0 Å². The van der Waals surface area contributed by atoms with Crippen molar-refractivity contribution in [2.45, 2.75) is 32.3 Å². The summed E-state index contributed by atoms with van der Waals surface area (Å²) in [5, 5.41) is 9.83. The molecular weight excluding hydrogens is 206 g/mol. The SMILES string of the molecule is COC(=O)C(C)(O)CCc1ncccc1C. The summed E-state index contributed by atoms with van der Waals surface area (Å²) in [6.07, 6.45) is 2.56. The van der Waals surface area contributed by atoms with E-state index < -0.39 is 11.6 Å². The van der Waals surface area contributed by atoms with Gasteiger partial charge in [0, 0.05) is 11.9 Å². The van der Waals surface area contributed by atoms with Gasteiger partial charge in [-0.05, 0) is 38.3 Å². The van der Waals surface area contributed by atoms with Gasteiger partial charge in [-0.15, -0.1) is 0 Å². The van der Waals surface area contributed by atoms with E-state index in [-0.39, 0.29) is 0 Å². The second-order valence-corrected chi connectivity index (χ2v) is 4.03. The van der Waals surface area contributed by atoms with Crippen LogP contribution in [0.3, 0.4) is 0 Å². The molecule has 0 fully saturated rings. The smallest absolute Gasteiger partial charge is 0.337 e. The number of methoxy groups -OCH3 is 1. The van der Waals surface area contributed by atoms with Gasteiger partial charge in [0.2, 0.25) is 0 Å². The standard InChI is InChI=1S/C12H17NO3/c1-9-5-4-8-13-10(9)6-7-12(2,15)11(14)16-3/h4-5,8,15H,6-7H2,1-3H3. The molecule has 1 atom stereocenters. The van der Waals surface area contributed by atoms with Crippen molar-refractivity contribution in [2.75, 3.05) is 7.11 Å². The molecule has 0 amide bonds. The van der Waals surface area contributed by atoms with E-state index >= 15 is 0 Å². The van der Waals surface area contributed by atoms with Crippen LogP contribution >= 0.6 is 0 Å². The Kier molecular flexibility index (Phi) is 4.01. The van der Waals surface area contributed by atoms with Crippen LogP contribution in [0.1, 0.15) is 24.6 Å². The van der Waals surface area contributed by atoms with Gasteiger partial charge in [0.05, 0.1) is 7.11 Å². The molecule has 16 heavy (non-hydrogen) atoms. The first-order valence-corrected chi connectivity index (χ1v) is 5.18. The van der Waals surface area contributed by atoms with E-state index in [1.54, 1.807) is 6.20 Å². The average molecular weight is 223 g/mol. The van der Waals surface area contributed by atoms with Crippen molar-refractivity contribution in [3.05, 3.63) is 29.6 Å². The molecule has 0 saturated heterocycles. The first-order chi connectivity index (χ1) is 7.47. The van der Waals surface area contributed by atoms with Gasteiger partial charge in [0.1, 0.15) is 0 Å². The van der Waals surface area contributed by atoms with E-state index in [0.29, 0.717) is 12.8 Å². The van der Waals surface area contributed by atoms with Crippen molar-refractivity contribution in [3.63, 3.8) is 0 Å². The Balaban J connectivity index is 2.65. The van der Waals surface area contributed by atoms with Crippen LogP contribution in [0.4, 0.5) is 0 Å². The first-order valence-electron chi connectivity index (χ1n) is 5.18. The van der Waals surface area contributed by atoms with Crippen LogP contribution in [0.15, 0.2) is 18.3 Å². The van der Waals surface area contributed by atoms with Gasteiger partial charge in [-0.3, -0.25) is 4.98 Å². The van der Waals surface area contributed by atoms with E-state index in [2.05, 4.69) is 9.72 Å². The Morgan fingerprint density at radius 2 is 2.31 bits per heavy atom. The third-order valence-corrected chi connectivity index (χ3v) is 2.59. The molecule has 0 radical (unpaired) electrons. The zero-order chi connectivity index (χ0) is 12.2. The molecule has 4 nitrogen and oxygen atoms in total. The predicted molar refractivity (Wildman–Crippen MR) is 59.9 cm³/mol. The maximum atomic E-state index is 11.2. The van der Waals surface area contributed by atoms with Crippen LogP contribution in [0.5, 0.6) is 0 Å². The van der Waals surface area contributed by atoms with Crippen molar-refractivity contribution in [3.8, 4) is 0 Å². The van der Waals surface area contributed by atoms with E-state index in [0.717, 1.165) is 11.3 Å². The summed E-state index contributed by atoms with van der Waals surface area (Å²) in [7, 11) is 1.27. The summed E-state index contributed by atoms with van der Waals surface area (Å²) >= 11 is 0. The number of hydrogen-bond acceptors (Lipinski definition) is 4. The maximum Gasteiger partial charge on any atom is 0.337 e. The minimum absolute atomic E-state index is 0.303. The van der Waals surface area contributed by atoms with Gasteiger partial charge in [0.25, 0.3) is 0 Å². The minimum atomic E-state index is -1.45. The second kappa shape index (κ2) is 5.07. The summed E-state index contributed by atoms with van der Waals surface area (Å²) in [5.41, 5.74) is 0.508. The number of nitrogens with zero attached hydrogens (tertiary/aromatic N) is 1. The molecule has 88 valence electrons. The number of aryl methyl sites for hydroxylation is 2. The summed E-state index contributed by atoms with van der Waals surface area (Å²) in [4.78, 5) is 15.5. The average Bonchev–Trinajstić information content (AvgIpc) is 2.27.